The number of piperidine rings is 1. The molecule has 0 aliphatic carbocycles. The van der Waals surface area contributed by atoms with Crippen LogP contribution in [0.5, 0.6) is 0 Å². The molecule has 0 bridgehead atoms. The molecule has 1 aromatic rings. The van der Waals surface area contributed by atoms with Gasteiger partial charge in [-0.25, -0.2) is 0 Å². The zero-order chi connectivity index (χ0) is 13.7. The van der Waals surface area contributed by atoms with Crippen molar-refractivity contribution in [2.45, 2.75) is 43.5 Å². The second-order valence-electron chi connectivity index (χ2n) is 4.98. The molecule has 0 spiro atoms. The van der Waals surface area contributed by atoms with Crippen molar-refractivity contribution >= 4 is 29.3 Å². The average Bonchev–Trinajstić information content (AvgIpc) is 2.41. The lowest BCUT2D eigenvalue weighted by molar-refractivity contribution is -0.133. The van der Waals surface area contributed by atoms with Crippen molar-refractivity contribution in [1.29, 1.82) is 0 Å². The maximum atomic E-state index is 12.1. The van der Waals surface area contributed by atoms with Crippen LogP contribution in [0.4, 0.5) is 0 Å². The first-order valence-electron chi connectivity index (χ1n) is 6.84. The molecule has 2 nitrogen and oxygen atoms in total. The summed E-state index contributed by atoms with van der Waals surface area (Å²) in [5.41, 5.74) is 0. The number of thioether (sulfide) groups is 1. The van der Waals surface area contributed by atoms with Gasteiger partial charge in [0.1, 0.15) is 0 Å². The van der Waals surface area contributed by atoms with E-state index in [1.165, 1.54) is 11.3 Å². The topological polar surface area (TPSA) is 20.3 Å². The van der Waals surface area contributed by atoms with E-state index < -0.39 is 0 Å². The summed E-state index contributed by atoms with van der Waals surface area (Å²) in [4.78, 5) is 15.4. The normalized spacial score (nSPS) is 19.5. The van der Waals surface area contributed by atoms with Crippen LogP contribution in [0.25, 0.3) is 0 Å². The minimum absolute atomic E-state index is 0.300. The fourth-order valence-electron chi connectivity index (χ4n) is 2.40. The Morgan fingerprint density at radius 1 is 1.37 bits per heavy atom. The van der Waals surface area contributed by atoms with Gasteiger partial charge in [-0.05, 0) is 50.5 Å². The standard InChI is InChI=1S/C15H20ClNOS/c1-12-4-2-3-10-17(12)15(18)9-11-19-14-7-5-13(16)6-8-14/h5-8,12H,2-4,9-11H2,1H3/t12-/m1/s1. The van der Waals surface area contributed by atoms with E-state index in [-0.39, 0.29) is 0 Å². The summed E-state index contributed by atoms with van der Waals surface area (Å²) in [6, 6.07) is 8.19. The van der Waals surface area contributed by atoms with E-state index in [1.54, 1.807) is 11.8 Å². The fourth-order valence-corrected chi connectivity index (χ4v) is 3.37. The van der Waals surface area contributed by atoms with Crippen molar-refractivity contribution in [3.05, 3.63) is 29.3 Å². The Hall–Kier alpha value is -0.670. The summed E-state index contributed by atoms with van der Waals surface area (Å²) in [6.45, 7) is 3.09. The Morgan fingerprint density at radius 3 is 2.79 bits per heavy atom. The molecule has 0 radical (unpaired) electrons. The van der Waals surface area contributed by atoms with Crippen molar-refractivity contribution < 1.29 is 4.79 Å². The third kappa shape index (κ3) is 4.43. The SMILES string of the molecule is C[C@@H]1CCCCN1C(=O)CCSc1ccc(Cl)cc1. The van der Waals surface area contributed by atoms with Gasteiger partial charge in [0.25, 0.3) is 0 Å². The molecule has 2 rings (SSSR count). The summed E-state index contributed by atoms with van der Waals surface area (Å²) in [6.07, 6.45) is 4.18. The highest BCUT2D eigenvalue weighted by molar-refractivity contribution is 7.99. The van der Waals surface area contributed by atoms with Gasteiger partial charge in [0.05, 0.1) is 0 Å². The molecular weight excluding hydrogens is 278 g/mol. The van der Waals surface area contributed by atoms with Gasteiger partial charge in [0.15, 0.2) is 0 Å². The number of rotatable bonds is 4. The Morgan fingerprint density at radius 2 is 2.11 bits per heavy atom. The zero-order valence-corrected chi connectivity index (χ0v) is 12.8. The average molecular weight is 298 g/mol. The molecule has 1 atom stereocenters. The minimum Gasteiger partial charge on any atom is -0.340 e. The molecule has 0 unspecified atom stereocenters. The molecule has 104 valence electrons. The van der Waals surface area contributed by atoms with Crippen LogP contribution >= 0.6 is 23.4 Å². The lowest BCUT2D eigenvalue weighted by atomic mass is 10.0. The lowest BCUT2D eigenvalue weighted by Gasteiger charge is -2.33. The van der Waals surface area contributed by atoms with Crippen LogP contribution in [-0.4, -0.2) is 29.1 Å². The third-order valence-corrected chi connectivity index (χ3v) is 4.79. The van der Waals surface area contributed by atoms with Gasteiger partial charge >= 0.3 is 0 Å². The highest BCUT2D eigenvalue weighted by atomic mass is 35.5. The van der Waals surface area contributed by atoms with Crippen LogP contribution in [0, 0.1) is 0 Å². The summed E-state index contributed by atoms with van der Waals surface area (Å²) in [5.74, 6) is 1.14. The van der Waals surface area contributed by atoms with E-state index in [0.29, 0.717) is 18.4 Å². The van der Waals surface area contributed by atoms with E-state index in [4.69, 9.17) is 11.6 Å². The second kappa shape index (κ2) is 7.20. The van der Waals surface area contributed by atoms with Gasteiger partial charge in [-0.15, -0.1) is 11.8 Å². The number of carbonyl (C=O) groups excluding carboxylic acids is 1. The first-order chi connectivity index (χ1) is 9.16. The Kier molecular flexibility index (Phi) is 5.59. The van der Waals surface area contributed by atoms with Gasteiger partial charge < -0.3 is 4.90 Å². The second-order valence-corrected chi connectivity index (χ2v) is 6.59. The monoisotopic (exact) mass is 297 g/mol. The smallest absolute Gasteiger partial charge is 0.223 e. The van der Waals surface area contributed by atoms with Gasteiger partial charge in [0.2, 0.25) is 5.91 Å². The summed E-state index contributed by atoms with van der Waals surface area (Å²) in [5, 5.41) is 0.752. The largest absolute Gasteiger partial charge is 0.340 e. The Balaban J connectivity index is 1.75. The molecular formula is C15H20ClNOS. The molecule has 0 N–H and O–H groups in total. The van der Waals surface area contributed by atoms with Crippen molar-refractivity contribution in [2.24, 2.45) is 0 Å². The summed E-state index contributed by atoms with van der Waals surface area (Å²) < 4.78 is 0. The number of amides is 1. The third-order valence-electron chi connectivity index (χ3n) is 3.52. The maximum absolute atomic E-state index is 12.1. The quantitative estimate of drug-likeness (QED) is 0.775. The van der Waals surface area contributed by atoms with E-state index in [1.807, 2.05) is 29.2 Å². The first kappa shape index (κ1) is 14.7. The molecule has 1 heterocycles. The number of hydrogen-bond acceptors (Lipinski definition) is 2. The van der Waals surface area contributed by atoms with Gasteiger partial charge in [-0.2, -0.15) is 0 Å². The molecule has 1 aliphatic rings. The highest BCUT2D eigenvalue weighted by Crippen LogP contribution is 2.22. The van der Waals surface area contributed by atoms with Crippen molar-refractivity contribution in [2.75, 3.05) is 12.3 Å². The molecule has 1 amide bonds. The molecule has 0 saturated carbocycles. The Bertz CT molecular complexity index is 421. The maximum Gasteiger partial charge on any atom is 0.223 e. The molecule has 4 heteroatoms. The predicted octanol–water partition coefficient (Wildman–Crippen LogP) is 4.22. The number of likely N-dealkylation sites (tertiary alicyclic amines) is 1. The first-order valence-corrected chi connectivity index (χ1v) is 8.21. The minimum atomic E-state index is 0.300. The van der Waals surface area contributed by atoms with Crippen molar-refractivity contribution in [3.63, 3.8) is 0 Å². The van der Waals surface area contributed by atoms with Crippen LogP contribution in [0.1, 0.15) is 32.6 Å². The summed E-state index contributed by atoms with van der Waals surface area (Å²) in [7, 11) is 0. The molecule has 1 aliphatic heterocycles. The number of hydrogen-bond donors (Lipinski definition) is 0. The van der Waals surface area contributed by atoms with Crippen LogP contribution < -0.4 is 0 Å². The van der Waals surface area contributed by atoms with Crippen LogP contribution in [-0.2, 0) is 4.79 Å². The highest BCUT2D eigenvalue weighted by Gasteiger charge is 2.22. The zero-order valence-electron chi connectivity index (χ0n) is 11.3. The van der Waals surface area contributed by atoms with Crippen LogP contribution in [0.15, 0.2) is 29.2 Å². The molecule has 0 aromatic heterocycles. The number of carbonyl (C=O) groups is 1. The molecule has 1 fully saturated rings. The van der Waals surface area contributed by atoms with Crippen LogP contribution in [0.2, 0.25) is 5.02 Å². The van der Waals surface area contributed by atoms with Gasteiger partial charge in [-0.1, -0.05) is 11.6 Å². The molecule has 19 heavy (non-hydrogen) atoms. The molecule has 1 saturated heterocycles. The fraction of sp³-hybridized carbons (Fsp3) is 0.533. The van der Waals surface area contributed by atoms with E-state index >= 15 is 0 Å². The van der Waals surface area contributed by atoms with Crippen LogP contribution in [0.3, 0.4) is 0 Å². The summed E-state index contributed by atoms with van der Waals surface area (Å²) >= 11 is 7.56. The molecule has 1 aromatic carbocycles. The van der Waals surface area contributed by atoms with E-state index in [2.05, 4.69) is 6.92 Å². The van der Waals surface area contributed by atoms with Gasteiger partial charge in [0, 0.05) is 34.7 Å². The van der Waals surface area contributed by atoms with Gasteiger partial charge in [-0.3, -0.25) is 4.79 Å². The number of halogens is 1. The lowest BCUT2D eigenvalue weighted by Crippen LogP contribution is -2.42. The number of nitrogens with zero attached hydrogens (tertiary/aromatic N) is 1. The van der Waals surface area contributed by atoms with E-state index in [0.717, 1.165) is 30.2 Å². The van der Waals surface area contributed by atoms with Crippen molar-refractivity contribution in [3.8, 4) is 0 Å². The Labute approximate surface area is 124 Å². The van der Waals surface area contributed by atoms with E-state index in [9.17, 15) is 4.79 Å². The number of benzene rings is 1. The van der Waals surface area contributed by atoms with Crippen molar-refractivity contribution in [1.82, 2.24) is 4.90 Å². The predicted molar refractivity (Wildman–Crippen MR) is 81.8 cm³/mol.